The third-order valence-corrected chi connectivity index (χ3v) is 3.65. The van der Waals surface area contributed by atoms with E-state index in [0.717, 1.165) is 36.1 Å². The summed E-state index contributed by atoms with van der Waals surface area (Å²) >= 11 is 0. The van der Waals surface area contributed by atoms with Crippen molar-refractivity contribution in [1.82, 2.24) is 19.9 Å². The summed E-state index contributed by atoms with van der Waals surface area (Å²) in [5, 5.41) is 0. The molecule has 3 heterocycles. The molecule has 116 valence electrons. The van der Waals surface area contributed by atoms with E-state index in [4.69, 9.17) is 9.72 Å². The molecule has 2 aromatic heterocycles. The number of aromatic nitrogens is 4. The first-order valence-electron chi connectivity index (χ1n) is 7.37. The van der Waals surface area contributed by atoms with Crippen molar-refractivity contribution in [3.05, 3.63) is 41.4 Å². The van der Waals surface area contributed by atoms with Gasteiger partial charge in [-0.2, -0.15) is 0 Å². The number of nitrogens with zero attached hydrogens (tertiary/aromatic N) is 5. The smallest absolute Gasteiger partial charge is 0.133 e. The lowest BCUT2D eigenvalue weighted by Gasteiger charge is -2.17. The van der Waals surface area contributed by atoms with Crippen LogP contribution in [0.15, 0.2) is 18.6 Å². The molecule has 0 unspecified atom stereocenters. The van der Waals surface area contributed by atoms with E-state index >= 15 is 0 Å². The molecule has 6 nitrogen and oxygen atoms in total. The highest BCUT2D eigenvalue weighted by atomic mass is 16.5. The van der Waals surface area contributed by atoms with Gasteiger partial charge in [0, 0.05) is 36.9 Å². The number of anilines is 1. The molecule has 1 aliphatic rings. The second kappa shape index (κ2) is 5.61. The molecule has 0 N–H and O–H groups in total. The van der Waals surface area contributed by atoms with Crippen LogP contribution in [0, 0.1) is 0 Å². The van der Waals surface area contributed by atoms with E-state index in [1.54, 1.807) is 13.4 Å². The fourth-order valence-electron chi connectivity index (χ4n) is 2.46. The highest BCUT2D eigenvalue weighted by molar-refractivity contribution is 5.45. The largest absolute Gasteiger partial charge is 0.378 e. The number of ether oxygens (including phenoxy) is 1. The van der Waals surface area contributed by atoms with Crippen molar-refractivity contribution < 1.29 is 4.74 Å². The van der Waals surface area contributed by atoms with E-state index in [0.29, 0.717) is 6.61 Å². The van der Waals surface area contributed by atoms with Crippen molar-refractivity contribution in [2.75, 3.05) is 12.0 Å². The Morgan fingerprint density at radius 3 is 2.73 bits per heavy atom. The molecule has 0 aromatic carbocycles. The van der Waals surface area contributed by atoms with Crippen molar-refractivity contribution in [1.29, 1.82) is 0 Å². The molecule has 0 fully saturated rings. The lowest BCUT2D eigenvalue weighted by molar-refractivity contribution is 0.181. The van der Waals surface area contributed by atoms with Crippen LogP contribution in [0.25, 0.3) is 0 Å². The fraction of sp³-hybridized carbons (Fsp3) is 0.500. The maximum atomic E-state index is 5.13. The van der Waals surface area contributed by atoms with Crippen molar-refractivity contribution in [3.8, 4) is 0 Å². The summed E-state index contributed by atoms with van der Waals surface area (Å²) in [5.74, 6) is 1.79. The van der Waals surface area contributed by atoms with Crippen molar-refractivity contribution >= 4 is 5.82 Å². The van der Waals surface area contributed by atoms with Gasteiger partial charge in [0.1, 0.15) is 18.0 Å². The summed E-state index contributed by atoms with van der Waals surface area (Å²) in [6, 6.07) is 1.97. The van der Waals surface area contributed by atoms with Gasteiger partial charge in [-0.3, -0.25) is 0 Å². The summed E-state index contributed by atoms with van der Waals surface area (Å²) in [5.41, 5.74) is 3.10. The maximum absolute atomic E-state index is 5.13. The zero-order valence-corrected chi connectivity index (χ0v) is 13.5. The highest BCUT2D eigenvalue weighted by Gasteiger charge is 2.25. The van der Waals surface area contributed by atoms with Crippen LogP contribution in [-0.4, -0.2) is 27.0 Å². The van der Waals surface area contributed by atoms with Crippen LogP contribution < -0.4 is 4.90 Å². The molecule has 1 aliphatic heterocycles. The first-order chi connectivity index (χ1) is 10.5. The SMILES string of the molecule is COCc1cc(N2Cc3cnc(C(C)(C)C)nc3C2)ncn1. The summed E-state index contributed by atoms with van der Waals surface area (Å²) < 4.78 is 5.13. The minimum absolute atomic E-state index is 0.0387. The molecule has 0 radical (unpaired) electrons. The van der Waals surface area contributed by atoms with E-state index < -0.39 is 0 Å². The quantitative estimate of drug-likeness (QED) is 0.866. The predicted molar refractivity (Wildman–Crippen MR) is 83.4 cm³/mol. The second-order valence-corrected chi connectivity index (χ2v) is 6.57. The summed E-state index contributed by atoms with van der Waals surface area (Å²) in [4.78, 5) is 20.0. The van der Waals surface area contributed by atoms with Crippen LogP contribution in [0.1, 0.15) is 43.5 Å². The lowest BCUT2D eigenvalue weighted by Crippen LogP contribution is -2.18. The van der Waals surface area contributed by atoms with E-state index in [9.17, 15) is 0 Å². The minimum atomic E-state index is -0.0387. The molecule has 0 aliphatic carbocycles. The van der Waals surface area contributed by atoms with E-state index in [1.165, 1.54) is 5.56 Å². The van der Waals surface area contributed by atoms with Gasteiger partial charge in [0.2, 0.25) is 0 Å². The average molecular weight is 299 g/mol. The van der Waals surface area contributed by atoms with Crippen molar-refractivity contribution in [2.45, 2.75) is 45.9 Å². The normalized spacial score (nSPS) is 14.3. The van der Waals surface area contributed by atoms with Gasteiger partial charge >= 0.3 is 0 Å². The second-order valence-electron chi connectivity index (χ2n) is 6.57. The van der Waals surface area contributed by atoms with Gasteiger partial charge in [-0.15, -0.1) is 0 Å². The maximum Gasteiger partial charge on any atom is 0.133 e. The van der Waals surface area contributed by atoms with Gasteiger partial charge in [-0.05, 0) is 0 Å². The first kappa shape index (κ1) is 14.8. The van der Waals surface area contributed by atoms with Crippen LogP contribution in [0.2, 0.25) is 0 Å². The third kappa shape index (κ3) is 2.92. The standard InChI is InChI=1S/C16H21N5O/c1-16(2,3)15-17-6-11-7-21(8-13(11)20-15)14-5-12(9-22-4)18-10-19-14/h5-6,10H,7-9H2,1-4H3. The molecule has 0 spiro atoms. The van der Waals surface area contributed by atoms with Gasteiger partial charge in [-0.1, -0.05) is 20.8 Å². The Hall–Kier alpha value is -2.08. The Morgan fingerprint density at radius 1 is 1.18 bits per heavy atom. The Morgan fingerprint density at radius 2 is 2.00 bits per heavy atom. The molecule has 0 bridgehead atoms. The van der Waals surface area contributed by atoms with Gasteiger partial charge < -0.3 is 9.64 Å². The van der Waals surface area contributed by atoms with Gasteiger partial charge in [-0.25, -0.2) is 19.9 Å². The molecular formula is C16H21N5O. The number of hydrogen-bond donors (Lipinski definition) is 0. The van der Waals surface area contributed by atoms with Crippen LogP contribution >= 0.6 is 0 Å². The summed E-state index contributed by atoms with van der Waals surface area (Å²) in [7, 11) is 1.66. The van der Waals surface area contributed by atoms with Gasteiger partial charge in [0.15, 0.2) is 0 Å². The van der Waals surface area contributed by atoms with Crippen LogP contribution in [-0.2, 0) is 29.8 Å². The zero-order valence-electron chi connectivity index (χ0n) is 13.5. The number of rotatable bonds is 3. The molecule has 22 heavy (non-hydrogen) atoms. The molecule has 2 aromatic rings. The number of methoxy groups -OCH3 is 1. The monoisotopic (exact) mass is 299 g/mol. The Kier molecular flexibility index (Phi) is 3.78. The third-order valence-electron chi connectivity index (χ3n) is 3.65. The molecule has 3 rings (SSSR count). The van der Waals surface area contributed by atoms with Gasteiger partial charge in [0.25, 0.3) is 0 Å². The van der Waals surface area contributed by atoms with Gasteiger partial charge in [0.05, 0.1) is 24.5 Å². The lowest BCUT2D eigenvalue weighted by atomic mass is 9.95. The summed E-state index contributed by atoms with van der Waals surface area (Å²) in [6.45, 7) is 8.41. The van der Waals surface area contributed by atoms with Crippen molar-refractivity contribution in [2.24, 2.45) is 0 Å². The minimum Gasteiger partial charge on any atom is -0.378 e. The number of hydrogen-bond acceptors (Lipinski definition) is 6. The van der Waals surface area contributed by atoms with E-state index in [1.807, 2.05) is 12.3 Å². The molecular weight excluding hydrogens is 278 g/mol. The Balaban J connectivity index is 1.84. The molecule has 0 amide bonds. The van der Waals surface area contributed by atoms with Crippen LogP contribution in [0.3, 0.4) is 0 Å². The van der Waals surface area contributed by atoms with E-state index in [-0.39, 0.29) is 5.41 Å². The molecule has 6 heteroatoms. The Labute approximate surface area is 130 Å². The highest BCUT2D eigenvalue weighted by Crippen LogP contribution is 2.27. The topological polar surface area (TPSA) is 64.0 Å². The zero-order chi connectivity index (χ0) is 15.7. The Bertz CT molecular complexity index is 680. The predicted octanol–water partition coefficient (Wildman–Crippen LogP) is 2.23. The van der Waals surface area contributed by atoms with E-state index in [2.05, 4.69) is 40.6 Å². The first-order valence-corrected chi connectivity index (χ1v) is 7.37. The summed E-state index contributed by atoms with van der Waals surface area (Å²) in [6.07, 6.45) is 3.53. The molecule has 0 saturated heterocycles. The van der Waals surface area contributed by atoms with Crippen LogP contribution in [0.4, 0.5) is 5.82 Å². The molecule has 0 atom stereocenters. The average Bonchev–Trinajstić information content (AvgIpc) is 2.90. The van der Waals surface area contributed by atoms with Crippen molar-refractivity contribution in [3.63, 3.8) is 0 Å². The van der Waals surface area contributed by atoms with Crippen LogP contribution in [0.5, 0.6) is 0 Å². The fourth-order valence-corrected chi connectivity index (χ4v) is 2.46. The molecule has 0 saturated carbocycles. The number of fused-ring (bicyclic) bond motifs is 1.